The number of aliphatic hydroxyl groups is 1. The molecule has 0 aliphatic carbocycles. The molecule has 2 aromatic rings. The van der Waals surface area contributed by atoms with E-state index in [4.69, 9.17) is 14.2 Å². The SMILES string of the molecule is COc1ccc(CN(C)C[C@@H]2OCCCC[C@@H](C)Oc3ccc(NC(=O)CCC(F)(F)F)cc3C(=O)N([C@H](C)CO)C[C@H]2C)cc1. The summed E-state index contributed by atoms with van der Waals surface area (Å²) in [7, 11) is 3.65. The van der Waals surface area contributed by atoms with Crippen molar-refractivity contribution in [3.8, 4) is 11.5 Å². The van der Waals surface area contributed by atoms with E-state index in [0.717, 1.165) is 24.2 Å². The van der Waals surface area contributed by atoms with Crippen LogP contribution in [-0.2, 0) is 16.1 Å². The molecular weight excluding hydrogens is 603 g/mol. The average molecular weight is 652 g/mol. The monoisotopic (exact) mass is 651 g/mol. The van der Waals surface area contributed by atoms with E-state index in [1.54, 1.807) is 25.0 Å². The van der Waals surface area contributed by atoms with Gasteiger partial charge in [0, 0.05) is 44.3 Å². The smallest absolute Gasteiger partial charge is 0.389 e. The largest absolute Gasteiger partial charge is 0.497 e. The fraction of sp³-hybridized carbons (Fsp3) is 0.588. The Morgan fingerprint density at radius 3 is 2.54 bits per heavy atom. The first-order chi connectivity index (χ1) is 21.8. The molecule has 1 aliphatic heterocycles. The van der Waals surface area contributed by atoms with Gasteiger partial charge in [0.25, 0.3) is 5.91 Å². The Morgan fingerprint density at radius 1 is 1.17 bits per heavy atom. The van der Waals surface area contributed by atoms with Crippen molar-refractivity contribution in [2.75, 3.05) is 45.8 Å². The zero-order valence-electron chi connectivity index (χ0n) is 27.4. The van der Waals surface area contributed by atoms with Crippen LogP contribution < -0.4 is 14.8 Å². The molecule has 0 saturated heterocycles. The van der Waals surface area contributed by atoms with Gasteiger partial charge in [-0.25, -0.2) is 0 Å². The maximum absolute atomic E-state index is 14.2. The van der Waals surface area contributed by atoms with Gasteiger partial charge in [0.15, 0.2) is 0 Å². The molecule has 0 bridgehead atoms. The second-order valence-corrected chi connectivity index (χ2v) is 12.2. The van der Waals surface area contributed by atoms with Gasteiger partial charge in [0.1, 0.15) is 11.5 Å². The highest BCUT2D eigenvalue weighted by molar-refractivity contribution is 5.99. The number of nitrogens with zero attached hydrogens (tertiary/aromatic N) is 2. The summed E-state index contributed by atoms with van der Waals surface area (Å²) in [6, 6.07) is 11.8. The molecule has 12 heteroatoms. The molecule has 0 fully saturated rings. The van der Waals surface area contributed by atoms with Gasteiger partial charge in [-0.15, -0.1) is 0 Å². The number of ether oxygens (including phenoxy) is 3. The van der Waals surface area contributed by atoms with E-state index < -0.39 is 36.9 Å². The van der Waals surface area contributed by atoms with Crippen LogP contribution in [0.1, 0.15) is 68.8 Å². The summed E-state index contributed by atoms with van der Waals surface area (Å²) >= 11 is 0. The molecular formula is C34H48F3N3O6. The first-order valence-electron chi connectivity index (χ1n) is 15.8. The Balaban J connectivity index is 1.87. The van der Waals surface area contributed by atoms with E-state index in [2.05, 4.69) is 10.2 Å². The highest BCUT2D eigenvalue weighted by atomic mass is 19.4. The first kappa shape index (κ1) is 37.1. The standard InChI is InChI=1S/C34H48F3N3O6/c1-23-19-40(24(2)22-41)33(43)29-18-27(38-32(42)15-16-34(35,36)37)11-14-30(29)46-25(3)8-6-7-17-45-31(23)21-39(4)20-26-9-12-28(44-5)13-10-26/h9-14,18,23-25,31,41H,6-8,15-17,19-22H2,1-5H3,(H,38,42)/t23-,24-,25-,31+/m1/s1. The molecule has 1 heterocycles. The van der Waals surface area contributed by atoms with Crippen LogP contribution in [0.25, 0.3) is 0 Å². The lowest BCUT2D eigenvalue weighted by molar-refractivity contribution is -0.142. The van der Waals surface area contributed by atoms with Crippen LogP contribution in [0.3, 0.4) is 0 Å². The average Bonchev–Trinajstić information content (AvgIpc) is 3.01. The van der Waals surface area contributed by atoms with Gasteiger partial charge < -0.3 is 29.5 Å². The van der Waals surface area contributed by atoms with Gasteiger partial charge in [-0.1, -0.05) is 19.1 Å². The minimum absolute atomic E-state index is 0.132. The third kappa shape index (κ3) is 11.8. The van der Waals surface area contributed by atoms with Gasteiger partial charge in [0.05, 0.1) is 44.0 Å². The molecule has 1 aliphatic rings. The van der Waals surface area contributed by atoms with Gasteiger partial charge in [0.2, 0.25) is 5.91 Å². The van der Waals surface area contributed by atoms with Crippen LogP contribution in [0.4, 0.5) is 18.9 Å². The molecule has 2 amide bonds. The lowest BCUT2D eigenvalue weighted by Gasteiger charge is -2.36. The number of methoxy groups -OCH3 is 1. The third-order valence-corrected chi connectivity index (χ3v) is 8.07. The molecule has 9 nitrogen and oxygen atoms in total. The number of anilines is 1. The minimum Gasteiger partial charge on any atom is -0.497 e. The maximum atomic E-state index is 14.2. The zero-order valence-corrected chi connectivity index (χ0v) is 27.4. The predicted molar refractivity (Wildman–Crippen MR) is 170 cm³/mol. The van der Waals surface area contributed by atoms with Crippen molar-refractivity contribution in [2.45, 2.75) is 83.8 Å². The Hall–Kier alpha value is -3.35. The molecule has 0 saturated carbocycles. The number of aliphatic hydroxyl groups excluding tert-OH is 1. The van der Waals surface area contributed by atoms with E-state index in [9.17, 15) is 27.9 Å². The van der Waals surface area contributed by atoms with Gasteiger partial charge in [-0.2, -0.15) is 13.2 Å². The van der Waals surface area contributed by atoms with Crippen molar-refractivity contribution in [3.63, 3.8) is 0 Å². The summed E-state index contributed by atoms with van der Waals surface area (Å²) in [5, 5.41) is 12.6. The minimum atomic E-state index is -4.46. The third-order valence-electron chi connectivity index (χ3n) is 8.07. The highest BCUT2D eigenvalue weighted by Crippen LogP contribution is 2.29. The molecule has 2 N–H and O–H groups in total. The summed E-state index contributed by atoms with van der Waals surface area (Å²) in [5.74, 6) is -0.280. The molecule has 256 valence electrons. The van der Waals surface area contributed by atoms with Crippen LogP contribution in [0.15, 0.2) is 42.5 Å². The van der Waals surface area contributed by atoms with Crippen LogP contribution in [0.5, 0.6) is 11.5 Å². The Morgan fingerprint density at radius 2 is 1.89 bits per heavy atom. The van der Waals surface area contributed by atoms with Crippen LogP contribution in [0, 0.1) is 5.92 Å². The number of amides is 2. The molecule has 0 aromatic heterocycles. The van der Waals surface area contributed by atoms with E-state index >= 15 is 0 Å². The van der Waals surface area contributed by atoms with Crippen molar-refractivity contribution >= 4 is 17.5 Å². The fourth-order valence-corrected chi connectivity index (χ4v) is 5.36. The number of hydrogen-bond acceptors (Lipinski definition) is 7. The molecule has 4 atom stereocenters. The molecule has 3 rings (SSSR count). The molecule has 0 spiro atoms. The summed E-state index contributed by atoms with van der Waals surface area (Å²) in [5.41, 5.74) is 1.45. The maximum Gasteiger partial charge on any atom is 0.389 e. The normalized spacial score (nSPS) is 20.8. The van der Waals surface area contributed by atoms with E-state index in [1.165, 1.54) is 12.1 Å². The quantitative estimate of drug-likeness (QED) is 0.330. The van der Waals surface area contributed by atoms with Crippen molar-refractivity contribution in [2.24, 2.45) is 5.92 Å². The number of hydrogen-bond donors (Lipinski definition) is 2. The topological polar surface area (TPSA) is 101 Å². The Kier molecular flexibility index (Phi) is 14.1. The van der Waals surface area contributed by atoms with E-state index in [-0.39, 0.29) is 42.5 Å². The first-order valence-corrected chi connectivity index (χ1v) is 15.8. The Labute approximate surface area is 270 Å². The van der Waals surface area contributed by atoms with Crippen LogP contribution in [0.2, 0.25) is 0 Å². The zero-order chi connectivity index (χ0) is 33.9. The number of halogens is 3. The van der Waals surface area contributed by atoms with Crippen molar-refractivity contribution in [3.05, 3.63) is 53.6 Å². The number of fused-ring (bicyclic) bond motifs is 1. The number of benzene rings is 2. The van der Waals surface area contributed by atoms with E-state index in [1.807, 2.05) is 45.2 Å². The van der Waals surface area contributed by atoms with Crippen LogP contribution in [-0.4, -0.2) is 91.6 Å². The molecule has 0 unspecified atom stereocenters. The van der Waals surface area contributed by atoms with Crippen LogP contribution >= 0.6 is 0 Å². The molecule has 46 heavy (non-hydrogen) atoms. The van der Waals surface area contributed by atoms with Gasteiger partial charge in [-0.05, 0) is 76.1 Å². The number of alkyl halides is 3. The summed E-state index contributed by atoms with van der Waals surface area (Å²) in [4.78, 5) is 30.2. The second kappa shape index (κ2) is 17.5. The van der Waals surface area contributed by atoms with Gasteiger partial charge in [-0.3, -0.25) is 14.5 Å². The van der Waals surface area contributed by atoms with E-state index in [0.29, 0.717) is 31.9 Å². The van der Waals surface area contributed by atoms with Gasteiger partial charge >= 0.3 is 6.18 Å². The van der Waals surface area contributed by atoms with Crippen molar-refractivity contribution in [1.82, 2.24) is 9.80 Å². The predicted octanol–water partition coefficient (Wildman–Crippen LogP) is 5.90. The summed E-state index contributed by atoms with van der Waals surface area (Å²) < 4.78 is 55.8. The Bertz CT molecular complexity index is 1260. The van der Waals surface area contributed by atoms with Crippen molar-refractivity contribution < 1.29 is 42.1 Å². The van der Waals surface area contributed by atoms with Crippen molar-refractivity contribution in [1.29, 1.82) is 0 Å². The number of likely N-dealkylation sites (N-methyl/N-ethyl adjacent to an activating group) is 1. The second-order valence-electron chi connectivity index (χ2n) is 12.2. The summed E-state index contributed by atoms with van der Waals surface area (Å²) in [6.45, 7) is 7.47. The summed E-state index contributed by atoms with van der Waals surface area (Å²) in [6.07, 6.45) is -4.53. The fourth-order valence-electron chi connectivity index (χ4n) is 5.36. The molecule has 2 aromatic carbocycles. The molecule has 0 radical (unpaired) electrons. The number of carbonyl (C=O) groups excluding carboxylic acids is 2. The number of nitrogens with one attached hydrogen (secondary N) is 1. The lowest BCUT2D eigenvalue weighted by atomic mass is 10.0. The highest BCUT2D eigenvalue weighted by Gasteiger charge is 2.31. The lowest BCUT2D eigenvalue weighted by Crippen LogP contribution is -2.47. The number of rotatable bonds is 10. The number of carbonyl (C=O) groups is 2.